The van der Waals surface area contributed by atoms with Gasteiger partial charge in [-0.1, -0.05) is 0 Å². The van der Waals surface area contributed by atoms with Crippen molar-refractivity contribution < 1.29 is 9.18 Å². The minimum Gasteiger partial charge on any atom is -0.370 e. The van der Waals surface area contributed by atoms with Crippen molar-refractivity contribution in [3.05, 3.63) is 24.1 Å². The molecule has 2 rings (SSSR count). The SMILES string of the molecule is O=C(CCNc1ccc(F)cn1)NC1CC1. The fourth-order valence-electron chi connectivity index (χ4n) is 1.31. The minimum absolute atomic E-state index is 0.0529. The molecule has 1 fully saturated rings. The maximum atomic E-state index is 12.5. The van der Waals surface area contributed by atoms with E-state index in [1.54, 1.807) is 6.07 Å². The Bertz CT molecular complexity index is 362. The van der Waals surface area contributed by atoms with Crippen molar-refractivity contribution >= 4 is 11.7 Å². The molecule has 0 saturated heterocycles. The lowest BCUT2D eigenvalue weighted by molar-refractivity contribution is -0.120. The lowest BCUT2D eigenvalue weighted by atomic mass is 10.3. The standard InChI is InChI=1S/C11H14FN3O/c12-8-1-4-10(14-7-8)13-6-5-11(16)15-9-2-3-9/h1,4,7,9H,2-3,5-6H2,(H,13,14)(H,15,16). The Morgan fingerprint density at radius 2 is 2.31 bits per heavy atom. The average molecular weight is 223 g/mol. The molecule has 2 N–H and O–H groups in total. The van der Waals surface area contributed by atoms with Crippen LogP contribution in [0.15, 0.2) is 18.3 Å². The molecule has 86 valence electrons. The molecule has 0 bridgehead atoms. The molecular formula is C11H14FN3O. The number of rotatable bonds is 5. The summed E-state index contributed by atoms with van der Waals surface area (Å²) in [5.74, 6) is 0.273. The van der Waals surface area contributed by atoms with Crippen molar-refractivity contribution in [2.45, 2.75) is 25.3 Å². The molecule has 1 aliphatic carbocycles. The zero-order valence-corrected chi connectivity index (χ0v) is 8.87. The van der Waals surface area contributed by atoms with Crippen molar-refractivity contribution in [1.29, 1.82) is 0 Å². The van der Waals surface area contributed by atoms with E-state index in [0.717, 1.165) is 19.0 Å². The number of halogens is 1. The first-order valence-corrected chi connectivity index (χ1v) is 5.39. The molecular weight excluding hydrogens is 209 g/mol. The Morgan fingerprint density at radius 3 is 2.94 bits per heavy atom. The van der Waals surface area contributed by atoms with Gasteiger partial charge in [0.25, 0.3) is 0 Å². The van der Waals surface area contributed by atoms with E-state index in [4.69, 9.17) is 0 Å². The Hall–Kier alpha value is -1.65. The number of pyridine rings is 1. The van der Waals surface area contributed by atoms with Crippen molar-refractivity contribution in [1.82, 2.24) is 10.3 Å². The monoisotopic (exact) mass is 223 g/mol. The van der Waals surface area contributed by atoms with Crippen LogP contribution in [0.4, 0.5) is 10.2 Å². The second-order valence-corrected chi connectivity index (χ2v) is 3.88. The fourth-order valence-corrected chi connectivity index (χ4v) is 1.31. The molecule has 0 unspecified atom stereocenters. The summed E-state index contributed by atoms with van der Waals surface area (Å²) >= 11 is 0. The van der Waals surface area contributed by atoms with Crippen LogP contribution in [0.3, 0.4) is 0 Å². The third-order valence-corrected chi connectivity index (χ3v) is 2.33. The molecule has 5 heteroatoms. The summed E-state index contributed by atoms with van der Waals surface area (Å²) in [4.78, 5) is 15.1. The second-order valence-electron chi connectivity index (χ2n) is 3.88. The van der Waals surface area contributed by atoms with E-state index < -0.39 is 0 Å². The second kappa shape index (κ2) is 4.92. The number of anilines is 1. The Morgan fingerprint density at radius 1 is 1.50 bits per heavy atom. The minimum atomic E-state index is -0.364. The number of carbonyl (C=O) groups excluding carboxylic acids is 1. The van der Waals surface area contributed by atoms with Crippen LogP contribution in [0.25, 0.3) is 0 Å². The van der Waals surface area contributed by atoms with Crippen molar-refractivity contribution in [3.8, 4) is 0 Å². The van der Waals surface area contributed by atoms with E-state index >= 15 is 0 Å². The van der Waals surface area contributed by atoms with Gasteiger partial charge in [0.05, 0.1) is 6.20 Å². The predicted molar refractivity (Wildman–Crippen MR) is 58.5 cm³/mol. The average Bonchev–Trinajstić information content (AvgIpc) is 3.05. The van der Waals surface area contributed by atoms with Crippen LogP contribution in [0.5, 0.6) is 0 Å². The van der Waals surface area contributed by atoms with Crippen LogP contribution >= 0.6 is 0 Å². The van der Waals surface area contributed by atoms with E-state index in [-0.39, 0.29) is 11.7 Å². The zero-order chi connectivity index (χ0) is 11.4. The molecule has 1 aromatic heterocycles. The third kappa shape index (κ3) is 3.49. The van der Waals surface area contributed by atoms with Gasteiger partial charge < -0.3 is 10.6 Å². The van der Waals surface area contributed by atoms with Crippen molar-refractivity contribution in [2.24, 2.45) is 0 Å². The fraction of sp³-hybridized carbons (Fsp3) is 0.455. The topological polar surface area (TPSA) is 54.0 Å². The summed E-state index contributed by atoms with van der Waals surface area (Å²) < 4.78 is 12.5. The molecule has 1 aliphatic rings. The van der Waals surface area contributed by atoms with Gasteiger partial charge >= 0.3 is 0 Å². The number of nitrogens with one attached hydrogen (secondary N) is 2. The van der Waals surface area contributed by atoms with Crippen LogP contribution in [0.1, 0.15) is 19.3 Å². The van der Waals surface area contributed by atoms with Crippen LogP contribution in [-0.4, -0.2) is 23.5 Å². The smallest absolute Gasteiger partial charge is 0.221 e. The summed E-state index contributed by atoms with van der Waals surface area (Å²) in [6.45, 7) is 0.511. The van der Waals surface area contributed by atoms with E-state index in [2.05, 4.69) is 15.6 Å². The number of nitrogens with zero attached hydrogens (tertiary/aromatic N) is 1. The van der Waals surface area contributed by atoms with Crippen LogP contribution in [0, 0.1) is 5.82 Å². The summed E-state index contributed by atoms with van der Waals surface area (Å²) in [6, 6.07) is 3.28. The first-order chi connectivity index (χ1) is 7.74. The molecule has 1 aromatic rings. The van der Waals surface area contributed by atoms with Gasteiger partial charge in [-0.15, -0.1) is 0 Å². The Kier molecular flexibility index (Phi) is 3.34. The number of carbonyl (C=O) groups is 1. The quantitative estimate of drug-likeness (QED) is 0.791. The molecule has 0 atom stereocenters. The molecule has 0 radical (unpaired) electrons. The largest absolute Gasteiger partial charge is 0.370 e. The Labute approximate surface area is 93.3 Å². The van der Waals surface area contributed by atoms with Crippen LogP contribution in [0.2, 0.25) is 0 Å². The molecule has 0 aliphatic heterocycles. The normalized spacial score (nSPS) is 14.6. The summed E-state index contributed by atoms with van der Waals surface area (Å²) in [6.07, 6.45) is 3.75. The lowest BCUT2D eigenvalue weighted by Gasteiger charge is -2.05. The molecule has 1 amide bonds. The molecule has 1 saturated carbocycles. The van der Waals surface area contributed by atoms with Gasteiger partial charge in [-0.2, -0.15) is 0 Å². The summed E-state index contributed by atoms with van der Waals surface area (Å²) in [5.41, 5.74) is 0. The van der Waals surface area contributed by atoms with E-state index in [0.29, 0.717) is 24.8 Å². The molecule has 16 heavy (non-hydrogen) atoms. The van der Waals surface area contributed by atoms with Crippen molar-refractivity contribution in [2.75, 3.05) is 11.9 Å². The third-order valence-electron chi connectivity index (χ3n) is 2.33. The van der Waals surface area contributed by atoms with Gasteiger partial charge in [0.1, 0.15) is 11.6 Å². The summed E-state index contributed by atoms with van der Waals surface area (Å²) in [7, 11) is 0. The van der Waals surface area contributed by atoms with E-state index in [9.17, 15) is 9.18 Å². The van der Waals surface area contributed by atoms with Crippen LogP contribution < -0.4 is 10.6 Å². The highest BCUT2D eigenvalue weighted by Crippen LogP contribution is 2.18. The van der Waals surface area contributed by atoms with Gasteiger partial charge in [0, 0.05) is 19.0 Å². The number of hydrogen-bond donors (Lipinski definition) is 2. The maximum absolute atomic E-state index is 12.5. The first-order valence-electron chi connectivity index (χ1n) is 5.39. The summed E-state index contributed by atoms with van der Waals surface area (Å²) in [5, 5.41) is 5.85. The van der Waals surface area contributed by atoms with Gasteiger partial charge in [-0.3, -0.25) is 4.79 Å². The first kappa shape index (κ1) is 10.9. The Balaban J connectivity index is 1.66. The highest BCUT2D eigenvalue weighted by molar-refractivity contribution is 5.77. The van der Waals surface area contributed by atoms with E-state index in [1.165, 1.54) is 6.07 Å². The number of amides is 1. The molecule has 0 spiro atoms. The van der Waals surface area contributed by atoms with Gasteiger partial charge in [-0.25, -0.2) is 9.37 Å². The maximum Gasteiger partial charge on any atom is 0.221 e. The van der Waals surface area contributed by atoms with E-state index in [1.807, 2.05) is 0 Å². The molecule has 4 nitrogen and oxygen atoms in total. The highest BCUT2D eigenvalue weighted by Gasteiger charge is 2.22. The van der Waals surface area contributed by atoms with Crippen molar-refractivity contribution in [3.63, 3.8) is 0 Å². The van der Waals surface area contributed by atoms with Gasteiger partial charge in [0.2, 0.25) is 5.91 Å². The molecule has 0 aromatic carbocycles. The number of aromatic nitrogens is 1. The van der Waals surface area contributed by atoms with Gasteiger partial charge in [0.15, 0.2) is 0 Å². The highest BCUT2D eigenvalue weighted by atomic mass is 19.1. The number of hydrogen-bond acceptors (Lipinski definition) is 3. The lowest BCUT2D eigenvalue weighted by Crippen LogP contribution is -2.27. The van der Waals surface area contributed by atoms with Crippen LogP contribution in [-0.2, 0) is 4.79 Å². The molecule has 1 heterocycles. The van der Waals surface area contributed by atoms with Gasteiger partial charge in [-0.05, 0) is 25.0 Å². The zero-order valence-electron chi connectivity index (χ0n) is 8.87. The predicted octanol–water partition coefficient (Wildman–Crippen LogP) is 1.30.